The number of amidine groups is 1. The van der Waals surface area contributed by atoms with E-state index in [-0.39, 0.29) is 21.9 Å². The number of nitrogens with zero attached hydrogens (tertiary/aromatic N) is 1. The van der Waals surface area contributed by atoms with Gasteiger partial charge in [-0.15, -0.1) is 5.10 Å². The molecule has 2 rings (SSSR count). The molecule has 126 valence electrons. The molecule has 1 aromatic rings. The van der Waals surface area contributed by atoms with Crippen molar-refractivity contribution in [1.82, 2.24) is 10.7 Å². The monoisotopic (exact) mass is 347 g/mol. The number of amides is 2. The van der Waals surface area contributed by atoms with Crippen LogP contribution in [0, 0.1) is 0 Å². The summed E-state index contributed by atoms with van der Waals surface area (Å²) in [5, 5.41) is 6.58. The number of hydrogen-bond acceptors (Lipinski definition) is 6. The molecule has 7 nitrogen and oxygen atoms in total. The predicted molar refractivity (Wildman–Crippen MR) is 90.9 cm³/mol. The summed E-state index contributed by atoms with van der Waals surface area (Å²) >= 11 is 0.954. The summed E-state index contributed by atoms with van der Waals surface area (Å²) in [6, 6.07) is 9.38. The van der Waals surface area contributed by atoms with E-state index in [0.717, 1.165) is 23.4 Å². The Hall–Kier alpha value is -2.61. The Morgan fingerprint density at radius 3 is 2.71 bits per heavy atom. The topological polar surface area (TPSA) is 96.9 Å². The lowest BCUT2D eigenvalue weighted by atomic mass is 9.96. The molecule has 0 aromatic heterocycles. The van der Waals surface area contributed by atoms with E-state index in [1.165, 1.54) is 7.11 Å². The van der Waals surface area contributed by atoms with Crippen molar-refractivity contribution in [3.63, 3.8) is 0 Å². The Kier molecular flexibility index (Phi) is 6.14. The van der Waals surface area contributed by atoms with Gasteiger partial charge in [-0.2, -0.15) is 0 Å². The zero-order valence-corrected chi connectivity index (χ0v) is 14.1. The van der Waals surface area contributed by atoms with E-state index in [1.807, 2.05) is 37.3 Å². The van der Waals surface area contributed by atoms with E-state index in [2.05, 4.69) is 20.6 Å². The maximum absolute atomic E-state index is 12.3. The zero-order chi connectivity index (χ0) is 17.5. The number of methoxy groups -OCH3 is 1. The summed E-state index contributed by atoms with van der Waals surface area (Å²) in [5.74, 6) is -1.69. The van der Waals surface area contributed by atoms with Crippen molar-refractivity contribution in [2.24, 2.45) is 5.10 Å². The van der Waals surface area contributed by atoms with Gasteiger partial charge in [-0.05, 0) is 23.7 Å². The first kappa shape index (κ1) is 17.7. The van der Waals surface area contributed by atoms with Crippen LogP contribution in [-0.4, -0.2) is 30.1 Å². The second-order valence-corrected chi connectivity index (χ2v) is 5.88. The first-order valence-corrected chi connectivity index (χ1v) is 8.08. The lowest BCUT2D eigenvalue weighted by Crippen LogP contribution is -2.28. The van der Waals surface area contributed by atoms with E-state index in [0.29, 0.717) is 6.42 Å². The highest BCUT2D eigenvalue weighted by molar-refractivity contribution is 8.18. The Morgan fingerprint density at radius 1 is 1.38 bits per heavy atom. The van der Waals surface area contributed by atoms with Gasteiger partial charge < -0.3 is 4.74 Å². The molecule has 2 amide bonds. The van der Waals surface area contributed by atoms with Crippen LogP contribution < -0.4 is 10.7 Å². The van der Waals surface area contributed by atoms with Gasteiger partial charge in [0.25, 0.3) is 5.91 Å². The fourth-order valence-corrected chi connectivity index (χ4v) is 2.83. The van der Waals surface area contributed by atoms with Crippen LogP contribution in [0.1, 0.15) is 24.8 Å². The van der Waals surface area contributed by atoms with E-state index < -0.39 is 11.9 Å². The molecule has 0 aliphatic carbocycles. The highest BCUT2D eigenvalue weighted by atomic mass is 32.2. The summed E-state index contributed by atoms with van der Waals surface area (Å²) in [5.41, 5.74) is 3.35. The predicted octanol–water partition coefficient (Wildman–Crippen LogP) is 1.49. The molecule has 1 aliphatic heterocycles. The Morgan fingerprint density at radius 2 is 2.08 bits per heavy atom. The minimum atomic E-state index is -0.631. The lowest BCUT2D eigenvalue weighted by molar-refractivity contribution is -0.135. The number of esters is 1. The van der Waals surface area contributed by atoms with E-state index >= 15 is 0 Å². The normalized spacial score (nSPS) is 18.3. The van der Waals surface area contributed by atoms with Gasteiger partial charge >= 0.3 is 5.97 Å². The standard InChI is InChI=1S/C16H17N3O4S/c1-3-11(10-7-5-4-6-8-10)14(21)18-19-16-17-15(22)12(24-16)9-13(20)23-2/h4-9,11H,3H2,1-2H3,(H,18,21)(H,17,19,22)/b12-9-/t11-/m1/s1. The van der Waals surface area contributed by atoms with Crippen molar-refractivity contribution >= 4 is 34.7 Å². The molecule has 0 bridgehead atoms. The number of carbonyl (C=O) groups excluding carboxylic acids is 3. The van der Waals surface area contributed by atoms with Gasteiger partial charge in [0.15, 0.2) is 5.17 Å². The van der Waals surface area contributed by atoms with Crippen LogP contribution in [0.4, 0.5) is 0 Å². The molecular formula is C16H17N3O4S. The van der Waals surface area contributed by atoms with Crippen LogP contribution in [0.3, 0.4) is 0 Å². The van der Waals surface area contributed by atoms with Crippen LogP contribution in [0.25, 0.3) is 0 Å². The molecule has 1 atom stereocenters. The number of rotatable bonds is 5. The van der Waals surface area contributed by atoms with Crippen LogP contribution >= 0.6 is 11.8 Å². The average Bonchev–Trinajstić information content (AvgIpc) is 2.94. The van der Waals surface area contributed by atoms with Crippen LogP contribution in [-0.2, 0) is 19.1 Å². The maximum Gasteiger partial charge on any atom is 0.331 e. The fraction of sp³-hybridized carbons (Fsp3) is 0.250. The van der Waals surface area contributed by atoms with Crippen molar-refractivity contribution < 1.29 is 19.1 Å². The van der Waals surface area contributed by atoms with Crippen LogP contribution in [0.5, 0.6) is 0 Å². The molecule has 1 heterocycles. The third-order valence-corrected chi connectivity index (χ3v) is 4.21. The molecule has 24 heavy (non-hydrogen) atoms. The third kappa shape index (κ3) is 4.45. The second-order valence-electron chi connectivity index (χ2n) is 4.85. The third-order valence-electron chi connectivity index (χ3n) is 3.30. The van der Waals surface area contributed by atoms with Gasteiger partial charge in [0.1, 0.15) is 0 Å². The number of thioether (sulfide) groups is 1. The van der Waals surface area contributed by atoms with Crippen molar-refractivity contribution in [1.29, 1.82) is 0 Å². The molecule has 1 aliphatic rings. The number of carbonyl (C=O) groups is 3. The summed E-state index contributed by atoms with van der Waals surface area (Å²) < 4.78 is 4.47. The quantitative estimate of drug-likeness (QED) is 0.478. The molecule has 0 spiro atoms. The maximum atomic E-state index is 12.3. The van der Waals surface area contributed by atoms with Gasteiger partial charge in [0.05, 0.1) is 17.9 Å². The first-order chi connectivity index (χ1) is 11.5. The van der Waals surface area contributed by atoms with Crippen molar-refractivity contribution in [2.45, 2.75) is 19.3 Å². The van der Waals surface area contributed by atoms with E-state index in [4.69, 9.17) is 0 Å². The smallest absolute Gasteiger partial charge is 0.331 e. The van der Waals surface area contributed by atoms with Gasteiger partial charge in [0.2, 0.25) is 5.91 Å². The number of ether oxygens (including phenoxy) is 1. The van der Waals surface area contributed by atoms with Gasteiger partial charge in [0, 0.05) is 6.08 Å². The number of hydrogen-bond donors (Lipinski definition) is 2. The van der Waals surface area contributed by atoms with Crippen molar-refractivity contribution in [3.8, 4) is 0 Å². The van der Waals surface area contributed by atoms with Gasteiger partial charge in [-0.25, -0.2) is 10.2 Å². The summed E-state index contributed by atoms with van der Waals surface area (Å²) in [6.07, 6.45) is 1.69. The van der Waals surface area contributed by atoms with Crippen molar-refractivity contribution in [2.75, 3.05) is 7.11 Å². The highest BCUT2D eigenvalue weighted by Crippen LogP contribution is 2.23. The number of benzene rings is 1. The molecular weight excluding hydrogens is 330 g/mol. The van der Waals surface area contributed by atoms with Crippen LogP contribution in [0.2, 0.25) is 0 Å². The lowest BCUT2D eigenvalue weighted by Gasteiger charge is -2.13. The van der Waals surface area contributed by atoms with Crippen LogP contribution in [0.15, 0.2) is 46.4 Å². The van der Waals surface area contributed by atoms with Gasteiger partial charge in [-0.3, -0.25) is 14.9 Å². The molecule has 0 radical (unpaired) electrons. The molecule has 0 saturated carbocycles. The summed E-state index contributed by atoms with van der Waals surface area (Å²) in [4.78, 5) is 35.3. The summed E-state index contributed by atoms with van der Waals surface area (Å²) in [7, 11) is 1.22. The fourth-order valence-electron chi connectivity index (χ4n) is 2.09. The van der Waals surface area contributed by atoms with E-state index in [9.17, 15) is 14.4 Å². The summed E-state index contributed by atoms with van der Waals surface area (Å²) in [6.45, 7) is 1.91. The molecule has 2 N–H and O–H groups in total. The average molecular weight is 347 g/mol. The number of nitrogens with one attached hydrogen (secondary N) is 2. The minimum Gasteiger partial charge on any atom is -0.466 e. The van der Waals surface area contributed by atoms with Crippen molar-refractivity contribution in [3.05, 3.63) is 46.9 Å². The second kappa shape index (κ2) is 8.30. The SMILES string of the molecule is CC[C@@H](C(=O)N/N=C1\NC(=O)/C(=C/C(=O)OC)S1)c1ccccc1. The molecule has 1 fully saturated rings. The highest BCUT2D eigenvalue weighted by Gasteiger charge is 2.26. The Balaban J connectivity index is 2.03. The molecule has 0 unspecified atom stereocenters. The Labute approximate surface area is 143 Å². The van der Waals surface area contributed by atoms with Gasteiger partial charge in [-0.1, -0.05) is 37.3 Å². The first-order valence-electron chi connectivity index (χ1n) is 7.26. The molecule has 1 aromatic carbocycles. The Bertz CT molecular complexity index is 701. The number of hydrazone groups is 1. The largest absolute Gasteiger partial charge is 0.466 e. The zero-order valence-electron chi connectivity index (χ0n) is 13.2. The molecule has 1 saturated heterocycles. The minimum absolute atomic E-state index is 0.157. The molecule has 8 heteroatoms. The van der Waals surface area contributed by atoms with E-state index in [1.54, 1.807) is 0 Å².